The number of primary amides is 1. The van der Waals surface area contributed by atoms with Crippen LogP contribution in [0.2, 0.25) is 0 Å². The lowest BCUT2D eigenvalue weighted by Gasteiger charge is -2.14. The molecule has 1 amide bonds. The summed E-state index contributed by atoms with van der Waals surface area (Å²) >= 11 is 0. The Morgan fingerprint density at radius 1 is 1.56 bits per heavy atom. The van der Waals surface area contributed by atoms with Crippen molar-refractivity contribution in [1.82, 2.24) is 5.32 Å². The molecule has 0 heterocycles. The average molecular weight is 222 g/mol. The third-order valence-electron chi connectivity index (χ3n) is 2.25. The summed E-state index contributed by atoms with van der Waals surface area (Å²) in [7, 11) is 1.88. The molecule has 0 aromatic heterocycles. The van der Waals surface area contributed by atoms with Crippen LogP contribution in [0.25, 0.3) is 0 Å². The Balaban J connectivity index is 2.72. The molecule has 0 aliphatic rings. The van der Waals surface area contributed by atoms with Crippen LogP contribution >= 0.6 is 0 Å². The van der Waals surface area contributed by atoms with E-state index in [-0.39, 0.29) is 0 Å². The highest BCUT2D eigenvalue weighted by Crippen LogP contribution is 2.15. The van der Waals surface area contributed by atoms with Crippen molar-refractivity contribution in [3.63, 3.8) is 0 Å². The van der Waals surface area contributed by atoms with Gasteiger partial charge in [0.05, 0.1) is 0 Å². The van der Waals surface area contributed by atoms with Gasteiger partial charge in [-0.25, -0.2) is 0 Å². The molecule has 1 aromatic carbocycles. The lowest BCUT2D eigenvalue weighted by Crippen LogP contribution is -2.33. The van der Waals surface area contributed by atoms with E-state index in [1.165, 1.54) is 0 Å². The zero-order valence-electron chi connectivity index (χ0n) is 9.69. The van der Waals surface area contributed by atoms with Crippen LogP contribution in [0.5, 0.6) is 5.75 Å². The quantitative estimate of drug-likeness (QED) is 0.756. The van der Waals surface area contributed by atoms with Gasteiger partial charge in [0.1, 0.15) is 5.75 Å². The highest BCUT2D eigenvalue weighted by molar-refractivity contribution is 5.79. The van der Waals surface area contributed by atoms with E-state index in [9.17, 15) is 4.79 Å². The highest BCUT2D eigenvalue weighted by atomic mass is 16.5. The predicted molar refractivity (Wildman–Crippen MR) is 63.1 cm³/mol. The zero-order chi connectivity index (χ0) is 12.0. The zero-order valence-corrected chi connectivity index (χ0v) is 9.69. The van der Waals surface area contributed by atoms with Gasteiger partial charge in [-0.2, -0.15) is 0 Å². The van der Waals surface area contributed by atoms with Crippen LogP contribution < -0.4 is 15.8 Å². The summed E-state index contributed by atoms with van der Waals surface area (Å²) in [6, 6.07) is 7.62. The molecule has 1 aromatic rings. The predicted octanol–water partition coefficient (Wildman–Crippen LogP) is 1.05. The molecule has 1 atom stereocenters. The lowest BCUT2D eigenvalue weighted by atomic mass is 10.2. The summed E-state index contributed by atoms with van der Waals surface area (Å²) in [5, 5.41) is 3.05. The third-order valence-corrected chi connectivity index (χ3v) is 2.25. The maximum absolute atomic E-state index is 11.0. The van der Waals surface area contributed by atoms with Gasteiger partial charge >= 0.3 is 0 Å². The van der Waals surface area contributed by atoms with Gasteiger partial charge in [0.15, 0.2) is 6.10 Å². The van der Waals surface area contributed by atoms with Crippen LogP contribution in [0.15, 0.2) is 24.3 Å². The van der Waals surface area contributed by atoms with Crippen molar-refractivity contribution in [1.29, 1.82) is 0 Å². The number of carbonyl (C=O) groups excluding carboxylic acids is 1. The maximum atomic E-state index is 11.0. The normalized spacial score (nSPS) is 12.1. The van der Waals surface area contributed by atoms with Gasteiger partial charge in [-0.1, -0.05) is 19.1 Å². The first-order valence-electron chi connectivity index (χ1n) is 5.37. The Kier molecular flexibility index (Phi) is 4.79. The molecule has 0 saturated heterocycles. The number of ether oxygens (including phenoxy) is 1. The van der Waals surface area contributed by atoms with E-state index in [2.05, 4.69) is 5.32 Å². The summed E-state index contributed by atoms with van der Waals surface area (Å²) in [6.07, 6.45) is 0.0239. The number of rotatable bonds is 6. The SMILES string of the molecule is CCC(Oc1cccc(CNC)c1)C(N)=O. The fraction of sp³-hybridized carbons (Fsp3) is 0.417. The van der Waals surface area contributed by atoms with E-state index < -0.39 is 12.0 Å². The number of amides is 1. The Labute approximate surface area is 95.8 Å². The number of hydrogen-bond donors (Lipinski definition) is 2. The van der Waals surface area contributed by atoms with E-state index in [1.807, 2.05) is 38.2 Å². The third kappa shape index (κ3) is 3.55. The molecule has 0 aliphatic heterocycles. The summed E-state index contributed by atoms with van der Waals surface area (Å²) in [6.45, 7) is 2.64. The van der Waals surface area contributed by atoms with Crippen LogP contribution in [0.1, 0.15) is 18.9 Å². The van der Waals surface area contributed by atoms with E-state index in [4.69, 9.17) is 10.5 Å². The Morgan fingerprint density at radius 2 is 2.31 bits per heavy atom. The number of nitrogens with one attached hydrogen (secondary N) is 1. The van der Waals surface area contributed by atoms with Crippen molar-refractivity contribution in [2.24, 2.45) is 5.73 Å². The molecule has 0 radical (unpaired) electrons. The van der Waals surface area contributed by atoms with E-state index in [0.717, 1.165) is 12.1 Å². The van der Waals surface area contributed by atoms with Crippen molar-refractivity contribution in [2.45, 2.75) is 26.0 Å². The second-order valence-electron chi connectivity index (χ2n) is 3.59. The summed E-state index contributed by atoms with van der Waals surface area (Å²) in [4.78, 5) is 11.0. The Morgan fingerprint density at radius 3 is 2.88 bits per heavy atom. The van der Waals surface area contributed by atoms with Gasteiger partial charge in [-0.3, -0.25) is 4.79 Å². The first-order chi connectivity index (χ1) is 7.67. The molecule has 0 bridgehead atoms. The number of hydrogen-bond acceptors (Lipinski definition) is 3. The first-order valence-corrected chi connectivity index (χ1v) is 5.37. The first kappa shape index (κ1) is 12.5. The molecule has 1 rings (SSSR count). The standard InChI is InChI=1S/C12H18N2O2/c1-3-11(12(13)15)16-10-6-4-5-9(7-10)8-14-2/h4-7,11,14H,3,8H2,1-2H3,(H2,13,15). The molecule has 0 spiro atoms. The molecule has 4 heteroatoms. The van der Waals surface area contributed by atoms with Crippen molar-refractivity contribution in [3.8, 4) is 5.75 Å². The minimum atomic E-state index is -0.551. The molecular weight excluding hydrogens is 204 g/mol. The maximum Gasteiger partial charge on any atom is 0.258 e. The van der Waals surface area contributed by atoms with Crippen LogP contribution in [0.3, 0.4) is 0 Å². The van der Waals surface area contributed by atoms with Gasteiger partial charge in [0.25, 0.3) is 5.91 Å². The molecule has 1 unspecified atom stereocenters. The molecule has 88 valence electrons. The fourth-order valence-corrected chi connectivity index (χ4v) is 1.44. The van der Waals surface area contributed by atoms with Crippen LogP contribution in [-0.4, -0.2) is 19.1 Å². The summed E-state index contributed by atoms with van der Waals surface area (Å²) < 4.78 is 5.51. The lowest BCUT2D eigenvalue weighted by molar-refractivity contribution is -0.124. The molecule has 16 heavy (non-hydrogen) atoms. The van der Waals surface area contributed by atoms with Gasteiger partial charge in [0, 0.05) is 6.54 Å². The molecule has 0 fully saturated rings. The van der Waals surface area contributed by atoms with E-state index in [0.29, 0.717) is 12.2 Å². The second kappa shape index (κ2) is 6.12. The minimum absolute atomic E-state index is 0.429. The van der Waals surface area contributed by atoms with Crippen molar-refractivity contribution in [2.75, 3.05) is 7.05 Å². The second-order valence-corrected chi connectivity index (χ2v) is 3.59. The van der Waals surface area contributed by atoms with E-state index in [1.54, 1.807) is 0 Å². The summed E-state index contributed by atoms with van der Waals surface area (Å²) in [5.74, 6) is 0.250. The van der Waals surface area contributed by atoms with Crippen molar-refractivity contribution >= 4 is 5.91 Å². The topological polar surface area (TPSA) is 64.3 Å². The minimum Gasteiger partial charge on any atom is -0.481 e. The van der Waals surface area contributed by atoms with Crippen LogP contribution in [0.4, 0.5) is 0 Å². The highest BCUT2D eigenvalue weighted by Gasteiger charge is 2.14. The molecule has 4 nitrogen and oxygen atoms in total. The summed E-state index contributed by atoms with van der Waals surface area (Å²) in [5.41, 5.74) is 6.33. The Bertz CT molecular complexity index is 353. The Hall–Kier alpha value is -1.55. The number of carbonyl (C=O) groups is 1. The average Bonchev–Trinajstić information content (AvgIpc) is 2.26. The largest absolute Gasteiger partial charge is 0.481 e. The van der Waals surface area contributed by atoms with Gasteiger partial charge in [0.2, 0.25) is 0 Å². The fourth-order valence-electron chi connectivity index (χ4n) is 1.44. The van der Waals surface area contributed by atoms with Gasteiger partial charge < -0.3 is 15.8 Å². The molecule has 3 N–H and O–H groups in total. The van der Waals surface area contributed by atoms with Crippen LogP contribution in [-0.2, 0) is 11.3 Å². The molecule has 0 aliphatic carbocycles. The molecule has 0 saturated carbocycles. The van der Waals surface area contributed by atoms with Gasteiger partial charge in [-0.05, 0) is 31.2 Å². The van der Waals surface area contributed by atoms with E-state index >= 15 is 0 Å². The smallest absolute Gasteiger partial charge is 0.258 e. The number of benzene rings is 1. The number of nitrogens with two attached hydrogens (primary N) is 1. The van der Waals surface area contributed by atoms with Crippen LogP contribution in [0, 0.1) is 0 Å². The monoisotopic (exact) mass is 222 g/mol. The molecular formula is C12H18N2O2. The van der Waals surface area contributed by atoms with Gasteiger partial charge in [-0.15, -0.1) is 0 Å². The van der Waals surface area contributed by atoms with Crippen molar-refractivity contribution < 1.29 is 9.53 Å². The van der Waals surface area contributed by atoms with Crippen molar-refractivity contribution in [3.05, 3.63) is 29.8 Å².